The number of nitrogens with zero attached hydrogens (tertiary/aromatic N) is 3. The highest BCUT2D eigenvalue weighted by Crippen LogP contribution is 2.11. The highest BCUT2D eigenvalue weighted by molar-refractivity contribution is 5.74. The Labute approximate surface area is 195 Å². The summed E-state index contributed by atoms with van der Waals surface area (Å²) in [6.07, 6.45) is 1.94. The molecule has 0 atom stereocenters. The predicted molar refractivity (Wildman–Crippen MR) is 133 cm³/mol. The van der Waals surface area contributed by atoms with E-state index >= 15 is 0 Å². The molecule has 0 N–H and O–H groups in total. The molecule has 2 amide bonds. The quantitative estimate of drug-likeness (QED) is 0.407. The highest BCUT2D eigenvalue weighted by Gasteiger charge is 2.23. The second-order valence-corrected chi connectivity index (χ2v) is 8.33. The average molecular weight is 440 g/mol. The summed E-state index contributed by atoms with van der Waals surface area (Å²) in [5, 5.41) is 0. The van der Waals surface area contributed by atoms with Gasteiger partial charge in [0.15, 0.2) is 0 Å². The first-order valence-corrected chi connectivity index (χ1v) is 12.0. The molecular formula is C27H41N3O2. The molecule has 5 nitrogen and oxygen atoms in total. The first-order chi connectivity index (χ1) is 15.5. The maximum atomic E-state index is 13.5. The second-order valence-electron chi connectivity index (χ2n) is 8.33. The van der Waals surface area contributed by atoms with Crippen molar-refractivity contribution in [3.8, 4) is 5.75 Å². The zero-order valence-corrected chi connectivity index (χ0v) is 20.4. The average Bonchev–Trinajstić information content (AvgIpc) is 2.82. The Morgan fingerprint density at radius 1 is 0.844 bits per heavy atom. The molecule has 2 aromatic carbocycles. The van der Waals surface area contributed by atoms with Gasteiger partial charge in [-0.2, -0.15) is 0 Å². The third-order valence-corrected chi connectivity index (χ3v) is 5.80. The molecule has 0 bridgehead atoms. The normalized spacial score (nSPS) is 11.1. The molecule has 0 radical (unpaired) electrons. The smallest absolute Gasteiger partial charge is 0.320 e. The summed E-state index contributed by atoms with van der Waals surface area (Å²) in [6.45, 7) is 14.0. The van der Waals surface area contributed by atoms with Crippen LogP contribution >= 0.6 is 0 Å². The van der Waals surface area contributed by atoms with Gasteiger partial charge in [-0.3, -0.25) is 0 Å². The van der Waals surface area contributed by atoms with Crippen LogP contribution in [0.1, 0.15) is 39.7 Å². The molecule has 0 heterocycles. The van der Waals surface area contributed by atoms with Crippen molar-refractivity contribution >= 4 is 6.03 Å². The number of rotatable bonds is 14. The van der Waals surface area contributed by atoms with E-state index in [9.17, 15) is 4.79 Å². The molecule has 0 saturated heterocycles. The number of hydrogen-bond donors (Lipinski definition) is 0. The van der Waals surface area contributed by atoms with Crippen LogP contribution in [0.15, 0.2) is 60.7 Å². The van der Waals surface area contributed by atoms with E-state index in [1.165, 1.54) is 5.56 Å². The first kappa shape index (κ1) is 25.7. The van der Waals surface area contributed by atoms with Crippen molar-refractivity contribution in [3.63, 3.8) is 0 Å². The fourth-order valence-corrected chi connectivity index (χ4v) is 3.76. The van der Waals surface area contributed by atoms with Crippen LogP contribution in [0.3, 0.4) is 0 Å². The largest absolute Gasteiger partial charge is 0.492 e. The third-order valence-electron chi connectivity index (χ3n) is 5.80. The molecule has 0 spiro atoms. The molecule has 2 rings (SSSR count). The molecule has 0 aliphatic carbocycles. The highest BCUT2D eigenvalue weighted by atomic mass is 16.5. The summed E-state index contributed by atoms with van der Waals surface area (Å²) >= 11 is 0. The lowest BCUT2D eigenvalue weighted by Gasteiger charge is -2.34. The van der Waals surface area contributed by atoms with Crippen LogP contribution < -0.4 is 4.74 Å². The topological polar surface area (TPSA) is 36.0 Å². The molecule has 0 saturated carbocycles. The van der Waals surface area contributed by atoms with Gasteiger partial charge in [-0.05, 0) is 57.5 Å². The summed E-state index contributed by atoms with van der Waals surface area (Å²) in [6, 6.07) is 20.5. The number of urea groups is 1. The van der Waals surface area contributed by atoms with Crippen molar-refractivity contribution in [3.05, 3.63) is 66.2 Å². The van der Waals surface area contributed by atoms with Gasteiger partial charge >= 0.3 is 6.03 Å². The summed E-state index contributed by atoms with van der Waals surface area (Å²) in [5.41, 5.74) is 1.32. The minimum Gasteiger partial charge on any atom is -0.492 e. The zero-order chi connectivity index (χ0) is 23.2. The Hall–Kier alpha value is -2.53. The first-order valence-electron chi connectivity index (χ1n) is 12.0. The molecule has 0 unspecified atom stereocenters. The van der Waals surface area contributed by atoms with E-state index < -0.39 is 0 Å². The lowest BCUT2D eigenvalue weighted by molar-refractivity contribution is 0.123. The number of ether oxygens (including phenoxy) is 1. The van der Waals surface area contributed by atoms with Crippen LogP contribution in [-0.2, 0) is 6.42 Å². The van der Waals surface area contributed by atoms with Crippen LogP contribution in [0.2, 0.25) is 0 Å². The lowest BCUT2D eigenvalue weighted by atomic mass is 10.1. The van der Waals surface area contributed by atoms with Crippen molar-refractivity contribution in [1.82, 2.24) is 14.7 Å². The maximum absolute atomic E-state index is 13.5. The summed E-state index contributed by atoms with van der Waals surface area (Å²) in [5.74, 6) is 0.838. The minimum atomic E-state index is 0.108. The van der Waals surface area contributed by atoms with Crippen molar-refractivity contribution in [2.24, 2.45) is 0 Å². The van der Waals surface area contributed by atoms with Gasteiger partial charge in [-0.25, -0.2) is 4.79 Å². The van der Waals surface area contributed by atoms with E-state index in [-0.39, 0.29) is 12.1 Å². The van der Waals surface area contributed by atoms with Gasteiger partial charge in [0, 0.05) is 25.7 Å². The molecule has 0 fully saturated rings. The van der Waals surface area contributed by atoms with Crippen LogP contribution in [0, 0.1) is 0 Å². The van der Waals surface area contributed by atoms with Gasteiger partial charge in [0.05, 0.1) is 6.54 Å². The molecule has 32 heavy (non-hydrogen) atoms. The number of likely N-dealkylation sites (N-methyl/N-ethyl adjacent to an activating group) is 1. The van der Waals surface area contributed by atoms with Gasteiger partial charge in [0.25, 0.3) is 0 Å². The zero-order valence-electron chi connectivity index (χ0n) is 20.4. The number of para-hydroxylation sites is 1. The summed E-state index contributed by atoms with van der Waals surface area (Å²) < 4.78 is 5.87. The van der Waals surface area contributed by atoms with Crippen LogP contribution in [0.4, 0.5) is 4.79 Å². The molecule has 2 aromatic rings. The summed E-state index contributed by atoms with van der Waals surface area (Å²) in [7, 11) is 0. The van der Waals surface area contributed by atoms with Crippen LogP contribution in [0.5, 0.6) is 5.75 Å². The molecule has 0 aromatic heterocycles. The Morgan fingerprint density at radius 3 is 2.06 bits per heavy atom. The minimum absolute atomic E-state index is 0.108. The number of carbonyl (C=O) groups excluding carboxylic acids is 1. The van der Waals surface area contributed by atoms with E-state index in [0.29, 0.717) is 13.2 Å². The van der Waals surface area contributed by atoms with Gasteiger partial charge in [-0.1, -0.05) is 62.4 Å². The maximum Gasteiger partial charge on any atom is 0.320 e. The van der Waals surface area contributed by atoms with Crippen molar-refractivity contribution in [2.45, 2.75) is 46.6 Å². The lowest BCUT2D eigenvalue weighted by Crippen LogP contribution is -2.50. The molecule has 5 heteroatoms. The van der Waals surface area contributed by atoms with Crippen molar-refractivity contribution < 1.29 is 9.53 Å². The van der Waals surface area contributed by atoms with E-state index in [0.717, 1.165) is 51.3 Å². The van der Waals surface area contributed by atoms with E-state index in [2.05, 4.69) is 56.9 Å². The molecule has 176 valence electrons. The number of aryl methyl sites for hydroxylation is 1. The monoisotopic (exact) mass is 439 g/mol. The number of amides is 2. The van der Waals surface area contributed by atoms with Gasteiger partial charge < -0.3 is 19.4 Å². The van der Waals surface area contributed by atoms with Crippen molar-refractivity contribution in [2.75, 3.05) is 45.9 Å². The Morgan fingerprint density at radius 2 is 1.47 bits per heavy atom. The number of hydrogen-bond acceptors (Lipinski definition) is 3. The fourth-order valence-electron chi connectivity index (χ4n) is 3.76. The van der Waals surface area contributed by atoms with E-state index in [4.69, 9.17) is 4.74 Å². The number of benzene rings is 2. The fraction of sp³-hybridized carbons (Fsp3) is 0.519. The van der Waals surface area contributed by atoms with E-state index in [1.54, 1.807) is 0 Å². The van der Waals surface area contributed by atoms with Crippen LogP contribution in [0.25, 0.3) is 0 Å². The van der Waals surface area contributed by atoms with Gasteiger partial charge in [0.1, 0.15) is 12.4 Å². The Bertz CT molecular complexity index is 748. The third kappa shape index (κ3) is 8.91. The second kappa shape index (κ2) is 14.5. The molecular weight excluding hydrogens is 398 g/mol. The Kier molecular flexibility index (Phi) is 11.7. The van der Waals surface area contributed by atoms with E-state index in [1.807, 2.05) is 46.2 Å². The SMILES string of the molecule is CCN(CC)CCN(CCCc1ccccc1)C(=O)N(CCOc1ccccc1)C(C)C. The van der Waals surface area contributed by atoms with Gasteiger partial charge in [-0.15, -0.1) is 0 Å². The van der Waals surface area contributed by atoms with Crippen LogP contribution in [-0.4, -0.2) is 72.6 Å². The predicted octanol–water partition coefficient (Wildman–Crippen LogP) is 5.17. The molecule has 0 aliphatic rings. The number of carbonyl (C=O) groups is 1. The van der Waals surface area contributed by atoms with Gasteiger partial charge in [0.2, 0.25) is 0 Å². The Balaban J connectivity index is 1.98. The standard InChI is InChI=1S/C27H41N3O2/c1-5-28(6-2)20-21-29(19-13-16-25-14-9-7-10-15-25)27(31)30(24(3)4)22-23-32-26-17-11-8-12-18-26/h7-12,14-15,17-18,24H,5-6,13,16,19-23H2,1-4H3. The molecule has 0 aliphatic heterocycles. The summed E-state index contributed by atoms with van der Waals surface area (Å²) in [4.78, 5) is 19.9. The van der Waals surface area contributed by atoms with Crippen molar-refractivity contribution in [1.29, 1.82) is 0 Å².